The number of para-hydroxylation sites is 1. The molecule has 1 aliphatic carbocycles. The molecule has 2 heterocycles. The van der Waals surface area contributed by atoms with Crippen LogP contribution in [0.4, 0.5) is 5.69 Å². The summed E-state index contributed by atoms with van der Waals surface area (Å²) in [4.78, 5) is 43.8. The first-order chi connectivity index (χ1) is 14.5. The van der Waals surface area contributed by atoms with Gasteiger partial charge in [-0.25, -0.2) is 4.98 Å². The molecule has 4 rings (SSSR count). The Morgan fingerprint density at radius 2 is 1.93 bits per heavy atom. The van der Waals surface area contributed by atoms with E-state index in [1.165, 1.54) is 22.2 Å². The van der Waals surface area contributed by atoms with Crippen molar-refractivity contribution in [1.82, 2.24) is 14.9 Å². The van der Waals surface area contributed by atoms with Crippen LogP contribution in [0.1, 0.15) is 29.7 Å². The van der Waals surface area contributed by atoms with Gasteiger partial charge in [0.25, 0.3) is 5.56 Å². The van der Waals surface area contributed by atoms with Crippen LogP contribution in [0.2, 0.25) is 0 Å². The lowest BCUT2D eigenvalue weighted by atomic mass is 10.1. The molecule has 0 radical (unpaired) electrons. The van der Waals surface area contributed by atoms with E-state index in [2.05, 4.69) is 31.5 Å². The van der Waals surface area contributed by atoms with Gasteiger partial charge >= 0.3 is 0 Å². The summed E-state index contributed by atoms with van der Waals surface area (Å²) in [5.41, 5.74) is 1.54. The van der Waals surface area contributed by atoms with Crippen molar-refractivity contribution in [2.75, 3.05) is 11.9 Å². The van der Waals surface area contributed by atoms with E-state index in [-0.39, 0.29) is 24.6 Å². The molecule has 7 nitrogen and oxygen atoms in total. The highest BCUT2D eigenvalue weighted by atomic mass is 79.9. The Balaban J connectivity index is 1.42. The van der Waals surface area contributed by atoms with Gasteiger partial charge in [0.15, 0.2) is 0 Å². The van der Waals surface area contributed by atoms with E-state index in [1.807, 2.05) is 12.1 Å². The molecule has 30 heavy (non-hydrogen) atoms. The summed E-state index contributed by atoms with van der Waals surface area (Å²) < 4.78 is 2.08. The number of halogens is 1. The number of rotatable bonds is 5. The Hall–Kier alpha value is -2.52. The van der Waals surface area contributed by atoms with Gasteiger partial charge in [-0.1, -0.05) is 18.6 Å². The Morgan fingerprint density at radius 3 is 2.77 bits per heavy atom. The molecule has 1 aliphatic rings. The van der Waals surface area contributed by atoms with Crippen molar-refractivity contribution < 1.29 is 9.59 Å². The SMILES string of the molecule is O=C(Cn1cnc2sc3c(c2c1=O)CCCCC3)NCC(=O)Nc1ccccc1Br. The first-order valence-corrected chi connectivity index (χ1v) is 11.4. The molecule has 2 aromatic heterocycles. The fraction of sp³-hybridized carbons (Fsp3) is 0.333. The second-order valence-corrected chi connectivity index (χ2v) is 9.16. The smallest absolute Gasteiger partial charge is 0.262 e. The molecule has 0 aliphatic heterocycles. The maximum Gasteiger partial charge on any atom is 0.262 e. The van der Waals surface area contributed by atoms with Gasteiger partial charge in [0, 0.05) is 9.35 Å². The monoisotopic (exact) mass is 488 g/mol. The lowest BCUT2D eigenvalue weighted by Crippen LogP contribution is -2.37. The van der Waals surface area contributed by atoms with E-state index < -0.39 is 5.91 Å². The number of anilines is 1. The number of aromatic nitrogens is 2. The number of nitrogens with zero attached hydrogens (tertiary/aromatic N) is 2. The molecular formula is C21H21BrN4O3S. The first-order valence-electron chi connectivity index (χ1n) is 9.83. The topological polar surface area (TPSA) is 93.1 Å². The number of hydrogen-bond acceptors (Lipinski definition) is 5. The fourth-order valence-corrected chi connectivity index (χ4v) is 5.22. The number of nitrogens with one attached hydrogen (secondary N) is 2. The standard InChI is InChI=1S/C21H21BrN4O3S/c22-14-7-4-5-8-15(14)25-17(27)10-23-18(28)11-26-12-24-20-19(21(26)29)13-6-2-1-3-9-16(13)30-20/h4-5,7-8,12H,1-3,6,9-11H2,(H,23,28)(H,25,27). The fourth-order valence-electron chi connectivity index (χ4n) is 3.62. The van der Waals surface area contributed by atoms with Crippen LogP contribution >= 0.6 is 27.3 Å². The Morgan fingerprint density at radius 1 is 1.13 bits per heavy atom. The number of thiophene rings is 1. The highest BCUT2D eigenvalue weighted by Gasteiger charge is 2.19. The number of amides is 2. The molecular weight excluding hydrogens is 468 g/mol. The third kappa shape index (κ3) is 4.46. The summed E-state index contributed by atoms with van der Waals surface area (Å²) in [7, 11) is 0. The van der Waals surface area contributed by atoms with Crippen molar-refractivity contribution >= 4 is 55.0 Å². The third-order valence-corrected chi connectivity index (χ3v) is 6.99. The predicted molar refractivity (Wildman–Crippen MR) is 121 cm³/mol. The summed E-state index contributed by atoms with van der Waals surface area (Å²) in [5.74, 6) is -0.763. The van der Waals surface area contributed by atoms with E-state index in [0.717, 1.165) is 40.5 Å². The number of carbonyl (C=O) groups excluding carboxylic acids is 2. The molecule has 0 spiro atoms. The highest BCUT2D eigenvalue weighted by molar-refractivity contribution is 9.10. The zero-order valence-electron chi connectivity index (χ0n) is 16.2. The average Bonchev–Trinajstić information content (AvgIpc) is 2.92. The maximum absolute atomic E-state index is 13.0. The number of carbonyl (C=O) groups is 2. The van der Waals surface area contributed by atoms with E-state index in [1.54, 1.807) is 23.5 Å². The molecule has 0 atom stereocenters. The van der Waals surface area contributed by atoms with Crippen molar-refractivity contribution in [3.63, 3.8) is 0 Å². The van der Waals surface area contributed by atoms with Crippen LogP contribution in [0.5, 0.6) is 0 Å². The van der Waals surface area contributed by atoms with Crippen molar-refractivity contribution in [2.45, 2.75) is 38.6 Å². The summed E-state index contributed by atoms with van der Waals surface area (Å²) in [5, 5.41) is 5.93. The molecule has 0 saturated heterocycles. The van der Waals surface area contributed by atoms with Gasteiger partial charge in [0.1, 0.15) is 11.4 Å². The summed E-state index contributed by atoms with van der Waals surface area (Å²) in [6.45, 7) is -0.354. The normalized spacial score (nSPS) is 13.5. The molecule has 2 N–H and O–H groups in total. The lowest BCUT2D eigenvalue weighted by molar-refractivity contribution is -0.124. The van der Waals surface area contributed by atoms with Crippen LogP contribution in [0.15, 0.2) is 39.9 Å². The Kier molecular flexibility index (Phi) is 6.29. The molecule has 0 fully saturated rings. The van der Waals surface area contributed by atoms with Crippen molar-refractivity contribution in [2.24, 2.45) is 0 Å². The molecule has 0 unspecified atom stereocenters. The summed E-state index contributed by atoms with van der Waals surface area (Å²) in [6, 6.07) is 7.22. The molecule has 3 aromatic rings. The molecule has 2 amide bonds. The van der Waals surface area contributed by atoms with Crippen LogP contribution in [0, 0.1) is 0 Å². The van der Waals surface area contributed by atoms with Crippen LogP contribution in [-0.4, -0.2) is 27.9 Å². The third-order valence-electron chi connectivity index (χ3n) is 5.10. The van der Waals surface area contributed by atoms with Gasteiger partial charge in [0.2, 0.25) is 11.8 Å². The van der Waals surface area contributed by atoms with Crippen molar-refractivity contribution in [1.29, 1.82) is 0 Å². The minimum Gasteiger partial charge on any atom is -0.345 e. The molecule has 0 bridgehead atoms. The van der Waals surface area contributed by atoms with E-state index in [4.69, 9.17) is 0 Å². The summed E-state index contributed by atoms with van der Waals surface area (Å²) in [6.07, 6.45) is 6.67. The van der Waals surface area contributed by atoms with E-state index in [0.29, 0.717) is 11.1 Å². The van der Waals surface area contributed by atoms with Gasteiger partial charge in [-0.05, 0) is 59.3 Å². The molecule has 1 aromatic carbocycles. The second-order valence-electron chi connectivity index (χ2n) is 7.23. The van der Waals surface area contributed by atoms with Crippen LogP contribution in [-0.2, 0) is 29.0 Å². The van der Waals surface area contributed by atoms with Gasteiger partial charge in [0.05, 0.1) is 23.9 Å². The van der Waals surface area contributed by atoms with Gasteiger partial charge < -0.3 is 10.6 Å². The predicted octanol–water partition coefficient (Wildman–Crippen LogP) is 3.24. The number of benzene rings is 1. The van der Waals surface area contributed by atoms with Gasteiger partial charge in [-0.2, -0.15) is 0 Å². The zero-order valence-corrected chi connectivity index (χ0v) is 18.6. The Labute approximate surface area is 185 Å². The Bertz CT molecular complexity index is 1170. The first kappa shape index (κ1) is 20.7. The van der Waals surface area contributed by atoms with Crippen molar-refractivity contribution in [3.05, 3.63) is 55.9 Å². The lowest BCUT2D eigenvalue weighted by Gasteiger charge is -2.09. The van der Waals surface area contributed by atoms with E-state index >= 15 is 0 Å². The molecule has 0 saturated carbocycles. The minimum absolute atomic E-state index is 0.172. The molecule has 156 valence electrons. The van der Waals surface area contributed by atoms with E-state index in [9.17, 15) is 14.4 Å². The van der Waals surface area contributed by atoms with Crippen molar-refractivity contribution in [3.8, 4) is 0 Å². The van der Waals surface area contributed by atoms with Gasteiger partial charge in [-0.3, -0.25) is 19.0 Å². The zero-order chi connectivity index (χ0) is 21.1. The van der Waals surface area contributed by atoms with Gasteiger partial charge in [-0.15, -0.1) is 11.3 Å². The average molecular weight is 489 g/mol. The number of fused-ring (bicyclic) bond motifs is 3. The quantitative estimate of drug-likeness (QED) is 0.539. The van der Waals surface area contributed by atoms with Crippen LogP contribution < -0.4 is 16.2 Å². The van der Waals surface area contributed by atoms with Crippen LogP contribution in [0.3, 0.4) is 0 Å². The van der Waals surface area contributed by atoms with Crippen LogP contribution in [0.25, 0.3) is 10.2 Å². The maximum atomic E-state index is 13.0. The largest absolute Gasteiger partial charge is 0.345 e. The number of hydrogen-bond donors (Lipinski definition) is 2. The molecule has 9 heteroatoms. The second kappa shape index (κ2) is 9.09. The number of aryl methyl sites for hydroxylation is 2. The minimum atomic E-state index is -0.415. The summed E-state index contributed by atoms with van der Waals surface area (Å²) >= 11 is 4.95. The highest BCUT2D eigenvalue weighted by Crippen LogP contribution is 2.32.